The van der Waals surface area contributed by atoms with E-state index in [4.69, 9.17) is 4.84 Å². The van der Waals surface area contributed by atoms with Gasteiger partial charge in [-0.25, -0.2) is 4.84 Å². The van der Waals surface area contributed by atoms with E-state index in [-0.39, 0.29) is 0 Å². The van der Waals surface area contributed by atoms with Crippen LogP contribution in [0.4, 0.5) is 0 Å². The average molecular weight is 154 g/mol. The molecule has 2 heteroatoms. The third-order valence-corrected chi connectivity index (χ3v) is 1.93. The summed E-state index contributed by atoms with van der Waals surface area (Å²) in [6, 6.07) is 0. The van der Waals surface area contributed by atoms with Crippen molar-refractivity contribution in [1.82, 2.24) is 0 Å². The van der Waals surface area contributed by atoms with Crippen molar-refractivity contribution in [1.29, 1.82) is 0 Å². The molecule has 2 N–H and O–H groups in total. The first kappa shape index (κ1) is 8.50. The van der Waals surface area contributed by atoms with E-state index in [0.29, 0.717) is 0 Å². The van der Waals surface area contributed by atoms with Crippen molar-refractivity contribution in [3.63, 3.8) is 0 Å². The minimum absolute atomic E-state index is 1.17. The van der Waals surface area contributed by atoms with Crippen LogP contribution in [0.1, 0.15) is 26.2 Å². The highest BCUT2D eigenvalue weighted by Gasteiger charge is 2.15. The smallest absolute Gasteiger partial charge is 0.141 e. The van der Waals surface area contributed by atoms with Crippen molar-refractivity contribution < 1.29 is 10.3 Å². The molecule has 0 unspecified atom stereocenters. The molecule has 0 saturated heterocycles. The highest BCUT2D eigenvalue weighted by atomic mass is 16.6. The van der Waals surface area contributed by atoms with Gasteiger partial charge in [0.1, 0.15) is 5.70 Å². The lowest BCUT2D eigenvalue weighted by Gasteiger charge is -1.97. The summed E-state index contributed by atoms with van der Waals surface area (Å²) in [5, 5.41) is 0. The van der Waals surface area contributed by atoms with Gasteiger partial charge in [0, 0.05) is 12.0 Å². The first-order chi connectivity index (χ1) is 5.38. The lowest BCUT2D eigenvalue weighted by molar-refractivity contribution is -0.856. The molecule has 0 fully saturated rings. The molecular weight excluding hydrogens is 138 g/mol. The van der Waals surface area contributed by atoms with Gasteiger partial charge < -0.3 is 0 Å². The van der Waals surface area contributed by atoms with Gasteiger partial charge in [-0.1, -0.05) is 12.2 Å². The molecule has 62 valence electrons. The molecule has 0 aromatic carbocycles. The van der Waals surface area contributed by atoms with Crippen LogP contribution in [0.2, 0.25) is 0 Å². The molecule has 0 bridgehead atoms. The van der Waals surface area contributed by atoms with E-state index in [1.807, 2.05) is 5.48 Å². The molecule has 0 spiro atoms. The predicted molar refractivity (Wildman–Crippen MR) is 44.6 cm³/mol. The number of quaternary nitrogens is 1. The monoisotopic (exact) mass is 154 g/mol. The summed E-state index contributed by atoms with van der Waals surface area (Å²) in [6.45, 7) is 2.05. The van der Waals surface area contributed by atoms with Crippen molar-refractivity contribution in [3.8, 4) is 0 Å². The summed E-state index contributed by atoms with van der Waals surface area (Å²) >= 11 is 0. The van der Waals surface area contributed by atoms with Crippen molar-refractivity contribution in [2.24, 2.45) is 0 Å². The minimum Gasteiger partial charge on any atom is -0.205 e. The Bertz CT molecular complexity index is 182. The Labute approximate surface area is 67.9 Å². The lowest BCUT2D eigenvalue weighted by atomic mass is 10.2. The van der Waals surface area contributed by atoms with Gasteiger partial charge >= 0.3 is 0 Å². The maximum absolute atomic E-state index is 4.99. The summed E-state index contributed by atoms with van der Waals surface area (Å²) in [5.74, 6) is 0. The Morgan fingerprint density at radius 1 is 1.45 bits per heavy atom. The molecule has 1 aliphatic carbocycles. The molecule has 1 aliphatic rings. The molecule has 0 radical (unpaired) electrons. The van der Waals surface area contributed by atoms with Gasteiger partial charge in [-0.05, 0) is 19.8 Å². The third-order valence-electron chi connectivity index (χ3n) is 1.93. The van der Waals surface area contributed by atoms with Crippen molar-refractivity contribution >= 4 is 0 Å². The SMILES string of the molecule is C/C=C\C1=C([NH2+]OC)CCC1. The second-order valence-corrected chi connectivity index (χ2v) is 2.76. The molecule has 0 amide bonds. The van der Waals surface area contributed by atoms with Crippen molar-refractivity contribution in [2.45, 2.75) is 26.2 Å². The molecule has 0 atom stereocenters. The van der Waals surface area contributed by atoms with Crippen LogP contribution in [0.3, 0.4) is 0 Å². The predicted octanol–water partition coefficient (Wildman–Crippen LogP) is 1.13. The zero-order valence-electron chi connectivity index (χ0n) is 7.26. The third kappa shape index (κ3) is 2.17. The molecule has 1 rings (SSSR count). The van der Waals surface area contributed by atoms with Crippen LogP contribution >= 0.6 is 0 Å². The summed E-state index contributed by atoms with van der Waals surface area (Å²) < 4.78 is 0. The number of nitrogens with two attached hydrogens (primary N) is 1. The van der Waals surface area contributed by atoms with Crippen LogP contribution in [0.25, 0.3) is 0 Å². The van der Waals surface area contributed by atoms with Gasteiger partial charge in [0.25, 0.3) is 0 Å². The van der Waals surface area contributed by atoms with Gasteiger partial charge in [-0.2, -0.15) is 5.48 Å². The molecule has 0 aromatic heterocycles. The molecular formula is C9H16NO+. The minimum atomic E-state index is 1.17. The number of hydrogen-bond donors (Lipinski definition) is 1. The van der Waals surface area contributed by atoms with Crippen LogP contribution in [0.15, 0.2) is 23.4 Å². The standard InChI is InChI=1S/C9H15NO/c1-3-5-8-6-4-7-9(8)10-11-2/h3,5,10H,4,6-7H2,1-2H3/p+1/b5-3-. The van der Waals surface area contributed by atoms with E-state index in [9.17, 15) is 0 Å². The Morgan fingerprint density at radius 2 is 2.27 bits per heavy atom. The maximum atomic E-state index is 4.99. The number of rotatable bonds is 3. The van der Waals surface area contributed by atoms with E-state index >= 15 is 0 Å². The molecule has 2 nitrogen and oxygen atoms in total. The molecule has 0 aromatic rings. The van der Waals surface area contributed by atoms with E-state index < -0.39 is 0 Å². The van der Waals surface area contributed by atoms with Crippen LogP contribution in [-0.2, 0) is 4.84 Å². The second-order valence-electron chi connectivity index (χ2n) is 2.76. The maximum Gasteiger partial charge on any atom is 0.141 e. The van der Waals surface area contributed by atoms with Crippen LogP contribution in [0.5, 0.6) is 0 Å². The number of allylic oxidation sites excluding steroid dienone is 4. The van der Waals surface area contributed by atoms with Gasteiger partial charge in [0.15, 0.2) is 0 Å². The largest absolute Gasteiger partial charge is 0.205 e. The van der Waals surface area contributed by atoms with Crippen LogP contribution in [0, 0.1) is 0 Å². The second kappa shape index (κ2) is 4.31. The molecule has 0 aliphatic heterocycles. The summed E-state index contributed by atoms with van der Waals surface area (Å²) in [6.07, 6.45) is 7.92. The number of hydroxylamine groups is 1. The fourth-order valence-corrected chi connectivity index (χ4v) is 1.46. The fraction of sp³-hybridized carbons (Fsp3) is 0.556. The molecule has 11 heavy (non-hydrogen) atoms. The Hall–Kier alpha value is -0.600. The van der Waals surface area contributed by atoms with Crippen LogP contribution < -0.4 is 5.48 Å². The lowest BCUT2D eigenvalue weighted by Crippen LogP contribution is -2.80. The number of hydrogen-bond acceptors (Lipinski definition) is 1. The van der Waals surface area contributed by atoms with Crippen LogP contribution in [-0.4, -0.2) is 7.11 Å². The highest BCUT2D eigenvalue weighted by molar-refractivity contribution is 5.24. The van der Waals surface area contributed by atoms with Gasteiger partial charge in [0.2, 0.25) is 0 Å². The summed E-state index contributed by atoms with van der Waals surface area (Å²) in [4.78, 5) is 4.99. The summed E-state index contributed by atoms with van der Waals surface area (Å²) in [5.41, 5.74) is 4.67. The van der Waals surface area contributed by atoms with Crippen molar-refractivity contribution in [3.05, 3.63) is 23.4 Å². The zero-order valence-corrected chi connectivity index (χ0v) is 7.26. The van der Waals surface area contributed by atoms with E-state index in [2.05, 4.69) is 19.1 Å². The van der Waals surface area contributed by atoms with Crippen molar-refractivity contribution in [2.75, 3.05) is 7.11 Å². The van der Waals surface area contributed by atoms with Gasteiger partial charge in [-0.15, -0.1) is 0 Å². The van der Waals surface area contributed by atoms with E-state index in [1.165, 1.54) is 30.5 Å². The Morgan fingerprint density at radius 3 is 2.91 bits per heavy atom. The van der Waals surface area contributed by atoms with Gasteiger partial charge in [-0.3, -0.25) is 0 Å². The topological polar surface area (TPSA) is 25.8 Å². The first-order valence-corrected chi connectivity index (χ1v) is 4.09. The van der Waals surface area contributed by atoms with E-state index in [0.717, 1.165) is 0 Å². The Balaban J connectivity index is 2.61. The molecule has 0 saturated carbocycles. The molecule has 0 heterocycles. The average Bonchev–Trinajstić information content (AvgIpc) is 2.39. The zero-order chi connectivity index (χ0) is 8.10. The normalized spacial score (nSPS) is 18.7. The first-order valence-electron chi connectivity index (χ1n) is 4.09. The fourth-order valence-electron chi connectivity index (χ4n) is 1.46. The Kier molecular flexibility index (Phi) is 3.33. The summed E-state index contributed by atoms with van der Waals surface area (Å²) in [7, 11) is 1.71. The van der Waals surface area contributed by atoms with E-state index in [1.54, 1.807) is 7.11 Å². The highest BCUT2D eigenvalue weighted by Crippen LogP contribution is 2.21. The quantitative estimate of drug-likeness (QED) is 0.606. The van der Waals surface area contributed by atoms with Gasteiger partial charge in [0.05, 0.1) is 7.11 Å².